The number of allylic oxidation sites excluding steroid dienone is 1. The molecule has 3 fully saturated rings. The zero-order valence-electron chi connectivity index (χ0n) is 27.8. The standard InChI is InChI=1S/C34H43N5O9S/c1-19-7-6-8-20(2)28(36-33(43)44)31(41)39-18-22(48-30-25-10-5-4-9-24(25)27(47-3)17-35-30)15-26(39)29(40)37-34(16-21(34)12-11-19)32(42)38-49(45,46)23-13-14-23/h4-5,9-12,17,19-23,26,28,36H,6-8,13-16,18H2,1-3H3,(H,37,40)(H,38,42)(H,43,44)/t19-,20-,21-,22-,26+,28+,34-/m1/s1. The van der Waals surface area contributed by atoms with Crippen LogP contribution in [0.2, 0.25) is 0 Å². The van der Waals surface area contributed by atoms with E-state index in [4.69, 9.17) is 9.47 Å². The minimum atomic E-state index is -3.90. The molecule has 15 heteroatoms. The van der Waals surface area contributed by atoms with Crippen molar-refractivity contribution >= 4 is 44.6 Å². The van der Waals surface area contributed by atoms with Crippen LogP contribution in [0.25, 0.3) is 10.8 Å². The molecule has 1 aromatic heterocycles. The molecule has 14 nitrogen and oxygen atoms in total. The summed E-state index contributed by atoms with van der Waals surface area (Å²) in [5.41, 5.74) is -1.52. The number of hydrogen-bond donors (Lipinski definition) is 4. The Kier molecular flexibility index (Phi) is 9.48. The molecule has 0 bridgehead atoms. The summed E-state index contributed by atoms with van der Waals surface area (Å²) >= 11 is 0. The number of carboxylic acid groups (broad SMARTS) is 1. The molecule has 264 valence electrons. The summed E-state index contributed by atoms with van der Waals surface area (Å²) in [7, 11) is -2.36. The fraction of sp³-hybridized carbons (Fsp3) is 0.559. The predicted octanol–water partition coefficient (Wildman–Crippen LogP) is 2.72. The Hall–Kier alpha value is -4.40. The average molecular weight is 698 g/mol. The fourth-order valence-corrected chi connectivity index (χ4v) is 8.37. The molecule has 0 radical (unpaired) electrons. The molecular formula is C34H43N5O9S. The lowest BCUT2D eigenvalue weighted by Gasteiger charge is -2.31. The number of pyridine rings is 1. The predicted molar refractivity (Wildman–Crippen MR) is 178 cm³/mol. The van der Waals surface area contributed by atoms with Crippen molar-refractivity contribution in [3.8, 4) is 11.6 Å². The second kappa shape index (κ2) is 13.5. The van der Waals surface area contributed by atoms with Crippen molar-refractivity contribution in [2.24, 2.45) is 17.8 Å². The number of rotatable bonds is 7. The number of aromatic nitrogens is 1. The third-order valence-electron chi connectivity index (χ3n) is 10.1. The highest BCUT2D eigenvalue weighted by molar-refractivity contribution is 7.91. The molecular weight excluding hydrogens is 654 g/mol. The number of nitrogens with zero attached hydrogens (tertiary/aromatic N) is 2. The molecule has 2 aliphatic heterocycles. The van der Waals surface area contributed by atoms with Gasteiger partial charge in [0, 0.05) is 23.1 Å². The van der Waals surface area contributed by atoms with Crippen LogP contribution in [0, 0.1) is 17.8 Å². The Morgan fingerprint density at radius 3 is 2.51 bits per heavy atom. The van der Waals surface area contributed by atoms with Gasteiger partial charge < -0.3 is 30.1 Å². The van der Waals surface area contributed by atoms with E-state index in [9.17, 15) is 32.7 Å². The van der Waals surface area contributed by atoms with Gasteiger partial charge in [-0.2, -0.15) is 0 Å². The van der Waals surface area contributed by atoms with Crippen molar-refractivity contribution < 1.29 is 42.2 Å². The van der Waals surface area contributed by atoms with Gasteiger partial charge in [-0.05, 0) is 50.0 Å². The van der Waals surface area contributed by atoms with Gasteiger partial charge in [-0.25, -0.2) is 18.2 Å². The fourth-order valence-electron chi connectivity index (χ4n) is 7.00. The van der Waals surface area contributed by atoms with Gasteiger partial charge in [0.1, 0.15) is 29.5 Å². The van der Waals surface area contributed by atoms with Gasteiger partial charge in [-0.15, -0.1) is 0 Å². The topological polar surface area (TPSA) is 193 Å². The second-order valence-corrected chi connectivity index (χ2v) is 15.8. The van der Waals surface area contributed by atoms with Crippen molar-refractivity contribution in [3.05, 3.63) is 42.6 Å². The zero-order valence-corrected chi connectivity index (χ0v) is 28.6. The van der Waals surface area contributed by atoms with Crippen LogP contribution in [0.3, 0.4) is 0 Å². The van der Waals surface area contributed by atoms with Crippen molar-refractivity contribution in [1.82, 2.24) is 25.2 Å². The number of nitrogens with one attached hydrogen (secondary N) is 3. The van der Waals surface area contributed by atoms with E-state index < -0.39 is 68.7 Å². The largest absolute Gasteiger partial charge is 0.494 e. The Labute approximate surface area is 285 Å². The summed E-state index contributed by atoms with van der Waals surface area (Å²) in [5, 5.41) is 15.7. The number of ether oxygens (including phenoxy) is 2. The van der Waals surface area contributed by atoms with Gasteiger partial charge >= 0.3 is 6.09 Å². The maximum absolute atomic E-state index is 14.3. The van der Waals surface area contributed by atoms with E-state index in [0.717, 1.165) is 11.8 Å². The summed E-state index contributed by atoms with van der Waals surface area (Å²) in [6, 6.07) is 5.06. The normalized spacial score (nSPS) is 30.6. The highest BCUT2D eigenvalue weighted by Crippen LogP contribution is 2.46. The maximum Gasteiger partial charge on any atom is 0.405 e. The zero-order chi connectivity index (χ0) is 35.1. The molecule has 0 unspecified atom stereocenters. The van der Waals surface area contributed by atoms with Gasteiger partial charge in [0.15, 0.2) is 0 Å². The van der Waals surface area contributed by atoms with Crippen molar-refractivity contribution in [3.63, 3.8) is 0 Å². The Bertz CT molecular complexity index is 1780. The molecule has 49 heavy (non-hydrogen) atoms. The van der Waals surface area contributed by atoms with E-state index in [-0.39, 0.29) is 37.1 Å². The van der Waals surface area contributed by atoms with Gasteiger partial charge in [-0.1, -0.05) is 50.6 Å². The number of sulfonamides is 1. The number of amides is 4. The molecule has 2 aliphatic carbocycles. The van der Waals surface area contributed by atoms with Crippen LogP contribution in [-0.2, 0) is 24.4 Å². The molecule has 7 atom stereocenters. The first-order valence-corrected chi connectivity index (χ1v) is 18.3. The minimum Gasteiger partial charge on any atom is -0.494 e. The van der Waals surface area contributed by atoms with Crippen LogP contribution in [0.4, 0.5) is 4.79 Å². The number of methoxy groups -OCH3 is 1. The number of fused-ring (bicyclic) bond motifs is 3. The Balaban J connectivity index is 1.34. The average Bonchev–Trinajstić information content (AvgIpc) is 3.99. The van der Waals surface area contributed by atoms with Crippen LogP contribution in [-0.4, -0.2) is 89.9 Å². The molecule has 1 aromatic carbocycles. The Morgan fingerprint density at radius 2 is 1.82 bits per heavy atom. The van der Waals surface area contributed by atoms with E-state index >= 15 is 0 Å². The quantitative estimate of drug-likeness (QED) is 0.313. The summed E-state index contributed by atoms with van der Waals surface area (Å²) in [6.07, 6.45) is 6.39. The smallest absolute Gasteiger partial charge is 0.405 e. The summed E-state index contributed by atoms with van der Waals surface area (Å²) in [5.74, 6) is -1.99. The maximum atomic E-state index is 14.3. The lowest BCUT2D eigenvalue weighted by molar-refractivity contribution is -0.142. The van der Waals surface area contributed by atoms with Crippen LogP contribution in [0.5, 0.6) is 11.6 Å². The molecule has 0 spiro atoms. The molecule has 1 saturated heterocycles. The first kappa shape index (κ1) is 34.5. The lowest BCUT2D eigenvalue weighted by Crippen LogP contribution is -2.59. The van der Waals surface area contributed by atoms with Crippen LogP contribution < -0.4 is 24.8 Å². The minimum absolute atomic E-state index is 0.0173. The van der Waals surface area contributed by atoms with Gasteiger partial charge in [-0.3, -0.25) is 19.1 Å². The lowest BCUT2D eigenvalue weighted by atomic mass is 9.92. The third-order valence-corrected chi connectivity index (χ3v) is 12.0. The first-order chi connectivity index (χ1) is 23.3. The number of carbonyl (C=O) groups is 4. The van der Waals surface area contributed by atoms with E-state index in [1.165, 1.54) is 18.2 Å². The second-order valence-electron chi connectivity index (χ2n) is 13.8. The summed E-state index contributed by atoms with van der Waals surface area (Å²) in [4.78, 5) is 59.8. The Morgan fingerprint density at radius 1 is 1.08 bits per heavy atom. The van der Waals surface area contributed by atoms with Crippen molar-refractivity contribution in [1.29, 1.82) is 0 Å². The van der Waals surface area contributed by atoms with Crippen molar-refractivity contribution in [2.45, 2.75) is 87.8 Å². The summed E-state index contributed by atoms with van der Waals surface area (Å²) in [6.45, 7) is 3.76. The SMILES string of the molecule is COc1cnc(O[C@@H]2C[C@H]3C(=O)N[C@]4(C(=O)NS(=O)(=O)C5CC5)C[C@H]4C=C[C@H](C)CCC[C@@H](C)[C@H](NC(=O)O)C(=O)N3C2)c2ccccc12. The van der Waals surface area contributed by atoms with E-state index in [1.54, 1.807) is 6.92 Å². The molecule has 2 saturated carbocycles. The monoisotopic (exact) mass is 697 g/mol. The molecule has 6 rings (SSSR count). The molecule has 3 heterocycles. The van der Waals surface area contributed by atoms with E-state index in [0.29, 0.717) is 36.8 Å². The molecule has 4 amide bonds. The van der Waals surface area contributed by atoms with Gasteiger partial charge in [0.25, 0.3) is 5.91 Å². The third kappa shape index (κ3) is 7.17. The van der Waals surface area contributed by atoms with Crippen LogP contribution in [0.1, 0.15) is 58.8 Å². The highest BCUT2D eigenvalue weighted by Gasteiger charge is 2.62. The van der Waals surface area contributed by atoms with E-state index in [1.807, 2.05) is 43.3 Å². The summed E-state index contributed by atoms with van der Waals surface area (Å²) < 4.78 is 39.5. The van der Waals surface area contributed by atoms with Crippen molar-refractivity contribution in [2.75, 3.05) is 13.7 Å². The molecule has 4 N–H and O–H groups in total. The van der Waals surface area contributed by atoms with Crippen LogP contribution in [0.15, 0.2) is 42.6 Å². The number of carbonyl (C=O) groups excluding carboxylic acids is 3. The van der Waals surface area contributed by atoms with Crippen LogP contribution >= 0.6 is 0 Å². The highest BCUT2D eigenvalue weighted by atomic mass is 32.2. The molecule has 4 aliphatic rings. The number of benzene rings is 1. The van der Waals surface area contributed by atoms with Gasteiger partial charge in [0.05, 0.1) is 25.1 Å². The molecule has 2 aromatic rings. The van der Waals surface area contributed by atoms with Gasteiger partial charge in [0.2, 0.25) is 27.7 Å². The number of hydrogen-bond acceptors (Lipinski definition) is 9. The van der Waals surface area contributed by atoms with E-state index in [2.05, 4.69) is 20.3 Å². The first-order valence-electron chi connectivity index (χ1n) is 16.8.